The molecule has 7 nitrogen and oxygen atoms in total. The molecule has 1 aliphatic rings. The first-order chi connectivity index (χ1) is 9.54. The molecule has 0 unspecified atom stereocenters. The van der Waals surface area contributed by atoms with Crippen LogP contribution in [-0.4, -0.2) is 43.6 Å². The van der Waals surface area contributed by atoms with Crippen LogP contribution in [0.2, 0.25) is 0 Å². The lowest BCUT2D eigenvalue weighted by Gasteiger charge is -2.14. The Morgan fingerprint density at radius 2 is 2.25 bits per heavy atom. The maximum atomic E-state index is 10.3. The summed E-state index contributed by atoms with van der Waals surface area (Å²) in [6.07, 6.45) is -0.224. The Morgan fingerprint density at radius 1 is 1.50 bits per heavy atom. The Morgan fingerprint density at radius 3 is 2.90 bits per heavy atom. The van der Waals surface area contributed by atoms with Crippen LogP contribution in [0, 0.1) is 12.8 Å². The minimum Gasteiger partial charge on any atom is -0.394 e. The molecule has 0 radical (unpaired) electrons. The molecular weight excluding hydrogens is 260 g/mol. The van der Waals surface area contributed by atoms with E-state index in [1.807, 2.05) is 19.9 Å². The van der Waals surface area contributed by atoms with Crippen LogP contribution in [0.25, 0.3) is 5.52 Å². The summed E-state index contributed by atoms with van der Waals surface area (Å²) in [6.45, 7) is 3.65. The highest BCUT2D eigenvalue weighted by Gasteiger charge is 2.42. The molecule has 7 heteroatoms. The first kappa shape index (κ1) is 13.3. The van der Waals surface area contributed by atoms with E-state index in [9.17, 15) is 10.2 Å². The molecule has 3 rings (SSSR count). The molecule has 3 heterocycles. The van der Waals surface area contributed by atoms with E-state index >= 15 is 0 Å². The standard InChI is InChI=1S/C13H18N4O3/c1-6-3-8(17-10(6)13(14)15-5-16-17)12-11(19)7(2)9(4-18)20-12/h3,5,7,9,11-12,18-19H,4H2,1-2H3,(H2,14,15,16)/t7-,9-,11+,12+/m1/s1. The molecule has 20 heavy (non-hydrogen) atoms. The van der Waals surface area contributed by atoms with Crippen molar-refractivity contribution in [2.24, 2.45) is 5.92 Å². The number of aliphatic hydroxyl groups is 2. The van der Waals surface area contributed by atoms with Crippen molar-refractivity contribution < 1.29 is 14.9 Å². The Bertz CT molecular complexity index is 642. The van der Waals surface area contributed by atoms with Crippen molar-refractivity contribution in [1.29, 1.82) is 0 Å². The normalized spacial score (nSPS) is 30.2. The summed E-state index contributed by atoms with van der Waals surface area (Å²) < 4.78 is 7.41. The molecule has 4 N–H and O–H groups in total. The van der Waals surface area contributed by atoms with Gasteiger partial charge in [0.15, 0.2) is 5.82 Å². The van der Waals surface area contributed by atoms with Gasteiger partial charge in [-0.25, -0.2) is 9.50 Å². The molecule has 0 amide bonds. The Hall–Kier alpha value is -1.70. The summed E-state index contributed by atoms with van der Waals surface area (Å²) in [6, 6.07) is 1.89. The van der Waals surface area contributed by atoms with Crippen molar-refractivity contribution in [3.63, 3.8) is 0 Å². The number of nitrogens with two attached hydrogens (primary N) is 1. The topological polar surface area (TPSA) is 106 Å². The van der Waals surface area contributed by atoms with Crippen molar-refractivity contribution in [2.45, 2.75) is 32.2 Å². The highest BCUT2D eigenvalue weighted by atomic mass is 16.5. The first-order valence-corrected chi connectivity index (χ1v) is 6.57. The van der Waals surface area contributed by atoms with Crippen LogP contribution >= 0.6 is 0 Å². The average molecular weight is 278 g/mol. The van der Waals surface area contributed by atoms with Gasteiger partial charge in [0.2, 0.25) is 0 Å². The van der Waals surface area contributed by atoms with Crippen molar-refractivity contribution in [3.8, 4) is 0 Å². The van der Waals surface area contributed by atoms with Gasteiger partial charge in [-0.3, -0.25) is 0 Å². The second kappa shape index (κ2) is 4.69. The van der Waals surface area contributed by atoms with Crippen molar-refractivity contribution in [1.82, 2.24) is 14.6 Å². The largest absolute Gasteiger partial charge is 0.394 e. The van der Waals surface area contributed by atoms with E-state index in [2.05, 4.69) is 10.1 Å². The molecule has 4 atom stereocenters. The lowest BCUT2D eigenvalue weighted by molar-refractivity contribution is -0.0152. The fourth-order valence-corrected chi connectivity index (χ4v) is 2.83. The highest BCUT2D eigenvalue weighted by Crippen LogP contribution is 2.38. The molecule has 0 aromatic carbocycles. The number of fused-ring (bicyclic) bond motifs is 1. The van der Waals surface area contributed by atoms with E-state index in [-0.39, 0.29) is 18.6 Å². The summed E-state index contributed by atoms with van der Waals surface area (Å²) in [7, 11) is 0. The Kier molecular flexibility index (Phi) is 3.12. The van der Waals surface area contributed by atoms with Gasteiger partial charge < -0.3 is 20.7 Å². The third-order valence-electron chi connectivity index (χ3n) is 4.03. The molecule has 0 bridgehead atoms. The van der Waals surface area contributed by atoms with Gasteiger partial charge in [0.25, 0.3) is 0 Å². The number of anilines is 1. The highest BCUT2D eigenvalue weighted by molar-refractivity contribution is 5.70. The second-order valence-electron chi connectivity index (χ2n) is 5.29. The fraction of sp³-hybridized carbons (Fsp3) is 0.538. The van der Waals surface area contributed by atoms with Gasteiger partial charge in [0, 0.05) is 5.92 Å². The van der Waals surface area contributed by atoms with Crippen LogP contribution in [0.3, 0.4) is 0 Å². The van der Waals surface area contributed by atoms with E-state index in [0.29, 0.717) is 5.82 Å². The van der Waals surface area contributed by atoms with Gasteiger partial charge in [-0.05, 0) is 18.6 Å². The maximum Gasteiger partial charge on any atom is 0.151 e. The molecule has 1 saturated heterocycles. The van der Waals surface area contributed by atoms with Crippen LogP contribution in [0.1, 0.15) is 24.3 Å². The van der Waals surface area contributed by atoms with E-state index in [1.165, 1.54) is 6.33 Å². The van der Waals surface area contributed by atoms with Gasteiger partial charge in [-0.15, -0.1) is 0 Å². The Balaban J connectivity index is 2.10. The quantitative estimate of drug-likeness (QED) is 0.716. The number of aryl methyl sites for hydroxylation is 1. The van der Waals surface area contributed by atoms with Gasteiger partial charge in [0.05, 0.1) is 24.5 Å². The smallest absolute Gasteiger partial charge is 0.151 e. The average Bonchev–Trinajstić information content (AvgIpc) is 2.90. The monoisotopic (exact) mass is 278 g/mol. The van der Waals surface area contributed by atoms with Crippen LogP contribution in [0.5, 0.6) is 0 Å². The molecule has 2 aromatic heterocycles. The van der Waals surface area contributed by atoms with Crippen molar-refractivity contribution >= 4 is 11.3 Å². The maximum absolute atomic E-state index is 10.3. The summed E-state index contributed by atoms with van der Waals surface area (Å²) >= 11 is 0. The zero-order valence-corrected chi connectivity index (χ0v) is 11.4. The third-order valence-corrected chi connectivity index (χ3v) is 4.03. The molecular formula is C13H18N4O3. The van der Waals surface area contributed by atoms with E-state index in [1.54, 1.807) is 4.52 Å². The van der Waals surface area contributed by atoms with Crippen molar-refractivity contribution in [3.05, 3.63) is 23.7 Å². The number of aromatic nitrogens is 3. The zero-order chi connectivity index (χ0) is 14.4. The molecule has 2 aromatic rings. The van der Waals surface area contributed by atoms with E-state index in [4.69, 9.17) is 10.5 Å². The zero-order valence-electron chi connectivity index (χ0n) is 11.4. The predicted molar refractivity (Wildman–Crippen MR) is 72.0 cm³/mol. The summed E-state index contributed by atoms with van der Waals surface area (Å²) in [5.74, 6) is 0.248. The number of rotatable bonds is 2. The fourth-order valence-electron chi connectivity index (χ4n) is 2.83. The SMILES string of the molecule is Cc1cc([C@@H]2O[C@H](CO)[C@@H](C)[C@@H]2O)n2ncnc(N)c12. The summed E-state index contributed by atoms with van der Waals surface area (Å²) in [4.78, 5) is 3.98. The number of aliphatic hydroxyl groups excluding tert-OH is 2. The van der Waals surface area contributed by atoms with Crippen LogP contribution in [-0.2, 0) is 4.74 Å². The minimum absolute atomic E-state index is 0.117. The number of ether oxygens (including phenoxy) is 1. The molecule has 1 fully saturated rings. The Labute approximate surface area is 116 Å². The molecule has 1 aliphatic heterocycles. The summed E-state index contributed by atoms with van der Waals surface area (Å²) in [5.41, 5.74) is 8.24. The lowest BCUT2D eigenvalue weighted by atomic mass is 9.97. The lowest BCUT2D eigenvalue weighted by Crippen LogP contribution is -2.24. The second-order valence-corrected chi connectivity index (χ2v) is 5.29. The number of nitrogen functional groups attached to an aromatic ring is 1. The number of nitrogens with zero attached hydrogens (tertiary/aromatic N) is 3. The van der Waals surface area contributed by atoms with Crippen molar-refractivity contribution in [2.75, 3.05) is 12.3 Å². The number of hydrogen-bond donors (Lipinski definition) is 3. The minimum atomic E-state index is -0.694. The molecule has 108 valence electrons. The molecule has 0 aliphatic carbocycles. The first-order valence-electron chi connectivity index (χ1n) is 6.57. The third kappa shape index (κ3) is 1.78. The van der Waals surface area contributed by atoms with Crippen LogP contribution < -0.4 is 5.73 Å². The molecule has 0 saturated carbocycles. The van der Waals surface area contributed by atoms with Gasteiger partial charge >= 0.3 is 0 Å². The molecule has 0 spiro atoms. The predicted octanol–water partition coefficient (Wildman–Crippen LogP) is 0.0491. The van der Waals surface area contributed by atoms with E-state index < -0.39 is 12.2 Å². The van der Waals surface area contributed by atoms with Crippen LogP contribution in [0.15, 0.2) is 12.4 Å². The van der Waals surface area contributed by atoms with Gasteiger partial charge in [-0.1, -0.05) is 6.92 Å². The number of hydrogen-bond acceptors (Lipinski definition) is 6. The van der Waals surface area contributed by atoms with Crippen LogP contribution in [0.4, 0.5) is 5.82 Å². The van der Waals surface area contributed by atoms with Gasteiger partial charge in [-0.2, -0.15) is 5.10 Å². The van der Waals surface area contributed by atoms with Gasteiger partial charge in [0.1, 0.15) is 17.9 Å². The van der Waals surface area contributed by atoms with E-state index in [0.717, 1.165) is 16.8 Å². The summed E-state index contributed by atoms with van der Waals surface area (Å²) in [5, 5.41) is 23.8.